The monoisotopic (exact) mass is 404 g/mol. The molecule has 0 aliphatic heterocycles. The molecule has 152 valence electrons. The summed E-state index contributed by atoms with van der Waals surface area (Å²) >= 11 is 0. The molecule has 4 aromatic rings. The molecule has 2 aromatic carbocycles. The SMILES string of the molecule is Cc1nnnn1-c1ccc(F)c(NC(=O)c2cc(C)n(Cc3ccccc3)c2C)c1. The first-order valence-corrected chi connectivity index (χ1v) is 9.51. The van der Waals surface area contributed by atoms with Crippen molar-refractivity contribution in [3.8, 4) is 5.69 Å². The van der Waals surface area contributed by atoms with E-state index in [0.717, 1.165) is 17.0 Å². The number of hydrogen-bond acceptors (Lipinski definition) is 4. The number of nitrogens with one attached hydrogen (secondary N) is 1. The number of aryl methyl sites for hydroxylation is 2. The van der Waals surface area contributed by atoms with Gasteiger partial charge in [-0.15, -0.1) is 5.10 Å². The zero-order valence-electron chi connectivity index (χ0n) is 16.9. The molecule has 30 heavy (non-hydrogen) atoms. The van der Waals surface area contributed by atoms with E-state index in [1.165, 1.54) is 16.8 Å². The molecule has 0 radical (unpaired) electrons. The first-order valence-electron chi connectivity index (χ1n) is 9.51. The summed E-state index contributed by atoms with van der Waals surface area (Å²) < 4.78 is 17.9. The lowest BCUT2D eigenvalue weighted by Gasteiger charge is -2.11. The number of carbonyl (C=O) groups is 1. The Balaban J connectivity index is 1.60. The Morgan fingerprint density at radius 3 is 2.53 bits per heavy atom. The third-order valence-corrected chi connectivity index (χ3v) is 5.07. The molecule has 0 atom stereocenters. The number of amides is 1. The van der Waals surface area contributed by atoms with Crippen LogP contribution >= 0.6 is 0 Å². The molecule has 0 unspecified atom stereocenters. The third-order valence-electron chi connectivity index (χ3n) is 5.07. The highest BCUT2D eigenvalue weighted by atomic mass is 19.1. The lowest BCUT2D eigenvalue weighted by Crippen LogP contribution is -2.15. The number of nitrogens with zero attached hydrogens (tertiary/aromatic N) is 5. The van der Waals surface area contributed by atoms with Crippen LogP contribution in [0.25, 0.3) is 5.69 Å². The normalized spacial score (nSPS) is 10.9. The van der Waals surface area contributed by atoms with Gasteiger partial charge >= 0.3 is 0 Å². The molecule has 0 aliphatic rings. The highest BCUT2D eigenvalue weighted by molar-refractivity contribution is 6.05. The molecule has 0 bridgehead atoms. The Bertz CT molecular complexity index is 1210. The quantitative estimate of drug-likeness (QED) is 0.548. The van der Waals surface area contributed by atoms with Crippen LogP contribution < -0.4 is 5.32 Å². The number of aromatic nitrogens is 5. The maximum Gasteiger partial charge on any atom is 0.257 e. The van der Waals surface area contributed by atoms with Gasteiger partial charge in [0.1, 0.15) is 5.82 Å². The van der Waals surface area contributed by atoms with Crippen LogP contribution in [0, 0.1) is 26.6 Å². The smallest absolute Gasteiger partial charge is 0.257 e. The molecular formula is C22H21FN6O. The highest BCUT2D eigenvalue weighted by Crippen LogP contribution is 2.22. The van der Waals surface area contributed by atoms with E-state index in [1.54, 1.807) is 13.0 Å². The molecule has 4 rings (SSSR count). The molecule has 2 heterocycles. The molecule has 0 aliphatic carbocycles. The Morgan fingerprint density at radius 2 is 1.83 bits per heavy atom. The number of hydrogen-bond donors (Lipinski definition) is 1. The van der Waals surface area contributed by atoms with Gasteiger partial charge in [0.2, 0.25) is 0 Å². The van der Waals surface area contributed by atoms with Crippen molar-refractivity contribution in [1.29, 1.82) is 0 Å². The fraction of sp³-hybridized carbons (Fsp3) is 0.182. The van der Waals surface area contributed by atoms with Crippen molar-refractivity contribution in [2.24, 2.45) is 0 Å². The van der Waals surface area contributed by atoms with Crippen molar-refractivity contribution < 1.29 is 9.18 Å². The van der Waals surface area contributed by atoms with E-state index < -0.39 is 5.82 Å². The number of rotatable bonds is 5. The van der Waals surface area contributed by atoms with Gasteiger partial charge in [0.05, 0.1) is 16.9 Å². The largest absolute Gasteiger partial charge is 0.344 e. The molecule has 8 heteroatoms. The average molecular weight is 404 g/mol. The Kier molecular flexibility index (Phi) is 5.14. The molecule has 0 fully saturated rings. The predicted octanol–water partition coefficient (Wildman–Crippen LogP) is 3.83. The summed E-state index contributed by atoms with van der Waals surface area (Å²) in [5.74, 6) is -0.342. The van der Waals surface area contributed by atoms with Gasteiger partial charge < -0.3 is 9.88 Å². The molecule has 2 aromatic heterocycles. The standard InChI is InChI=1S/C22H21FN6O/c1-14-11-19(15(2)28(14)13-17-7-5-4-6-8-17)22(30)24-21-12-18(9-10-20(21)23)29-16(3)25-26-27-29/h4-12H,13H2,1-3H3,(H,24,30). The van der Waals surface area contributed by atoms with Gasteiger partial charge in [0, 0.05) is 17.9 Å². The lowest BCUT2D eigenvalue weighted by molar-refractivity contribution is 0.102. The number of carbonyl (C=O) groups excluding carboxylic acids is 1. The van der Waals surface area contributed by atoms with Crippen LogP contribution in [0.15, 0.2) is 54.6 Å². The van der Waals surface area contributed by atoms with E-state index in [-0.39, 0.29) is 11.6 Å². The second-order valence-corrected chi connectivity index (χ2v) is 7.11. The summed E-state index contributed by atoms with van der Waals surface area (Å²) in [6.45, 7) is 6.24. The fourth-order valence-electron chi connectivity index (χ4n) is 3.44. The Labute approximate surface area is 173 Å². The minimum Gasteiger partial charge on any atom is -0.344 e. The fourth-order valence-corrected chi connectivity index (χ4v) is 3.44. The third kappa shape index (κ3) is 3.71. The van der Waals surface area contributed by atoms with Crippen LogP contribution in [0.4, 0.5) is 10.1 Å². The summed E-state index contributed by atoms with van der Waals surface area (Å²) in [6, 6.07) is 16.2. The number of halogens is 1. The van der Waals surface area contributed by atoms with E-state index >= 15 is 0 Å². The summed E-state index contributed by atoms with van der Waals surface area (Å²) in [7, 11) is 0. The summed E-state index contributed by atoms with van der Waals surface area (Å²) in [5, 5.41) is 14.0. The first kappa shape index (κ1) is 19.5. The molecule has 0 saturated carbocycles. The number of anilines is 1. The van der Waals surface area contributed by atoms with E-state index in [9.17, 15) is 9.18 Å². The topological polar surface area (TPSA) is 77.6 Å². The maximum atomic E-state index is 14.4. The van der Waals surface area contributed by atoms with Crippen molar-refractivity contribution in [2.75, 3.05) is 5.32 Å². The number of benzene rings is 2. The molecule has 1 amide bonds. The van der Waals surface area contributed by atoms with E-state index in [4.69, 9.17) is 0 Å². The molecule has 0 saturated heterocycles. The summed E-state index contributed by atoms with van der Waals surface area (Å²) in [6.07, 6.45) is 0. The van der Waals surface area contributed by atoms with Crippen LogP contribution in [-0.4, -0.2) is 30.7 Å². The first-order chi connectivity index (χ1) is 14.4. The summed E-state index contributed by atoms with van der Waals surface area (Å²) in [5.41, 5.74) is 4.06. The maximum absolute atomic E-state index is 14.4. The Morgan fingerprint density at radius 1 is 1.07 bits per heavy atom. The van der Waals surface area contributed by atoms with Crippen LogP contribution in [0.2, 0.25) is 0 Å². The predicted molar refractivity (Wildman–Crippen MR) is 111 cm³/mol. The van der Waals surface area contributed by atoms with Crippen molar-refractivity contribution in [3.63, 3.8) is 0 Å². The van der Waals surface area contributed by atoms with Crippen molar-refractivity contribution in [1.82, 2.24) is 24.8 Å². The molecule has 7 nitrogen and oxygen atoms in total. The van der Waals surface area contributed by atoms with Crippen LogP contribution in [-0.2, 0) is 6.54 Å². The van der Waals surface area contributed by atoms with Gasteiger partial charge in [-0.05, 0) is 61.0 Å². The van der Waals surface area contributed by atoms with Crippen LogP contribution in [0.5, 0.6) is 0 Å². The van der Waals surface area contributed by atoms with Crippen molar-refractivity contribution in [3.05, 3.63) is 88.8 Å². The van der Waals surface area contributed by atoms with Gasteiger partial charge in [-0.3, -0.25) is 4.79 Å². The van der Waals surface area contributed by atoms with Crippen LogP contribution in [0.1, 0.15) is 33.1 Å². The summed E-state index contributed by atoms with van der Waals surface area (Å²) in [4.78, 5) is 12.9. The van der Waals surface area contributed by atoms with E-state index in [0.29, 0.717) is 23.6 Å². The Hall–Kier alpha value is -3.81. The zero-order valence-corrected chi connectivity index (χ0v) is 16.9. The zero-order chi connectivity index (χ0) is 21.3. The van der Waals surface area contributed by atoms with Crippen molar-refractivity contribution >= 4 is 11.6 Å². The van der Waals surface area contributed by atoms with Gasteiger partial charge in [-0.1, -0.05) is 30.3 Å². The second-order valence-electron chi connectivity index (χ2n) is 7.11. The minimum absolute atomic E-state index is 0.0697. The van der Waals surface area contributed by atoms with Gasteiger partial charge in [0.15, 0.2) is 5.82 Å². The molecule has 1 N–H and O–H groups in total. The average Bonchev–Trinajstić information content (AvgIpc) is 3.28. The lowest BCUT2D eigenvalue weighted by atomic mass is 10.2. The van der Waals surface area contributed by atoms with Crippen LogP contribution in [0.3, 0.4) is 0 Å². The highest BCUT2D eigenvalue weighted by Gasteiger charge is 2.18. The van der Waals surface area contributed by atoms with Crippen molar-refractivity contribution in [2.45, 2.75) is 27.3 Å². The van der Waals surface area contributed by atoms with E-state index in [1.807, 2.05) is 50.2 Å². The molecular weight excluding hydrogens is 383 g/mol. The number of tetrazole rings is 1. The minimum atomic E-state index is -0.532. The molecule has 0 spiro atoms. The van der Waals surface area contributed by atoms with Gasteiger partial charge in [0.25, 0.3) is 5.91 Å². The second kappa shape index (κ2) is 7.90. The van der Waals surface area contributed by atoms with Gasteiger partial charge in [-0.25, -0.2) is 4.39 Å². The van der Waals surface area contributed by atoms with E-state index in [2.05, 4.69) is 25.4 Å². The van der Waals surface area contributed by atoms with Gasteiger partial charge in [-0.2, -0.15) is 4.68 Å².